The first-order valence-corrected chi connectivity index (χ1v) is 13.5. The minimum atomic E-state index is -0.757. The third kappa shape index (κ3) is 5.04. The molecule has 0 saturated carbocycles. The lowest BCUT2D eigenvalue weighted by atomic mass is 9.86. The number of hydrogen-bond acceptors (Lipinski definition) is 6. The zero-order chi connectivity index (χ0) is 27.7. The number of phenols is 1. The number of benzene rings is 2. The van der Waals surface area contributed by atoms with Gasteiger partial charge in [0.2, 0.25) is 11.8 Å². The van der Waals surface area contributed by atoms with Crippen molar-refractivity contribution in [1.29, 1.82) is 0 Å². The number of hydrazine groups is 1. The Balaban J connectivity index is 1.49. The molecule has 0 spiro atoms. The van der Waals surface area contributed by atoms with Crippen LogP contribution in [0, 0.1) is 0 Å². The lowest BCUT2D eigenvalue weighted by Crippen LogP contribution is -2.66. The van der Waals surface area contributed by atoms with Crippen LogP contribution in [0.2, 0.25) is 0 Å². The summed E-state index contributed by atoms with van der Waals surface area (Å²) in [6.45, 7) is 3.26. The first kappa shape index (κ1) is 26.6. The number of rotatable bonds is 7. The summed E-state index contributed by atoms with van der Waals surface area (Å²) in [7, 11) is 1.57. The normalized spacial score (nSPS) is 22.6. The highest BCUT2D eigenvalue weighted by Gasteiger charge is 2.52. The zero-order valence-electron chi connectivity index (χ0n) is 22.4. The fraction of sp³-hybridized carbons (Fsp3) is 0.414. The van der Waals surface area contributed by atoms with Crippen molar-refractivity contribution in [2.75, 3.05) is 39.0 Å². The van der Waals surface area contributed by atoms with Crippen molar-refractivity contribution in [3.63, 3.8) is 0 Å². The molecular weight excluding hydrogens is 496 g/mol. The molecular formula is C29H36N6O4. The smallest absolute Gasteiger partial charge is 0.331 e. The number of allylic oxidation sites excluding steroid dienone is 1. The second-order valence-electron chi connectivity index (χ2n) is 10.4. The monoisotopic (exact) mass is 532 g/mol. The molecule has 1 unspecified atom stereocenters. The summed E-state index contributed by atoms with van der Waals surface area (Å²) in [5.74, 6) is -0.216. The number of urea groups is 1. The maximum atomic E-state index is 14.1. The topological polar surface area (TPSA) is 122 Å². The number of nitrogens with one attached hydrogen (secondary N) is 1. The number of nitrogen functional groups attached to an aromatic ring is 1. The minimum Gasteiger partial charge on any atom is -0.506 e. The number of carbonyl (C=O) groups is 3. The van der Waals surface area contributed by atoms with Crippen LogP contribution in [0.25, 0.3) is 6.08 Å². The molecule has 4 amide bonds. The molecule has 2 saturated heterocycles. The number of amides is 4. The average molecular weight is 533 g/mol. The predicted molar refractivity (Wildman–Crippen MR) is 148 cm³/mol. The number of piperazine rings is 1. The summed E-state index contributed by atoms with van der Waals surface area (Å²) in [5.41, 5.74) is 9.27. The molecule has 1 aliphatic carbocycles. The Morgan fingerprint density at radius 1 is 1.21 bits per heavy atom. The Kier molecular flexibility index (Phi) is 7.47. The molecule has 10 nitrogen and oxygen atoms in total. The molecule has 2 aliphatic heterocycles. The fourth-order valence-electron chi connectivity index (χ4n) is 6.01. The molecule has 39 heavy (non-hydrogen) atoms. The number of nitrogens with two attached hydrogens (primary N) is 1. The van der Waals surface area contributed by atoms with Gasteiger partial charge in [0.05, 0.1) is 18.8 Å². The van der Waals surface area contributed by atoms with E-state index in [9.17, 15) is 19.5 Å². The number of phenolic OH excluding ortho intramolecular Hbond substituents is 1. The molecule has 2 aromatic carbocycles. The van der Waals surface area contributed by atoms with E-state index in [0.717, 1.165) is 24.0 Å². The van der Waals surface area contributed by atoms with Crippen LogP contribution < -0.4 is 11.1 Å². The molecule has 10 heteroatoms. The fourth-order valence-corrected chi connectivity index (χ4v) is 6.01. The number of nitrogens with zero attached hydrogens (tertiary/aromatic N) is 4. The molecule has 2 aromatic rings. The highest BCUT2D eigenvalue weighted by atomic mass is 16.3. The number of carbonyl (C=O) groups excluding carboxylic acids is 3. The van der Waals surface area contributed by atoms with E-state index in [2.05, 4.69) is 29.6 Å². The van der Waals surface area contributed by atoms with Gasteiger partial charge in [-0.1, -0.05) is 49.4 Å². The Morgan fingerprint density at radius 2 is 2.00 bits per heavy atom. The maximum Gasteiger partial charge on any atom is 0.331 e. The Morgan fingerprint density at radius 3 is 2.74 bits per heavy atom. The van der Waals surface area contributed by atoms with Gasteiger partial charge in [0, 0.05) is 32.5 Å². The largest absolute Gasteiger partial charge is 0.506 e. The van der Waals surface area contributed by atoms with E-state index in [1.165, 1.54) is 11.6 Å². The summed E-state index contributed by atoms with van der Waals surface area (Å²) >= 11 is 0. The Bertz CT molecular complexity index is 1300. The zero-order valence-corrected chi connectivity index (χ0v) is 22.4. The molecule has 2 heterocycles. The molecule has 0 bridgehead atoms. The van der Waals surface area contributed by atoms with Gasteiger partial charge < -0.3 is 26.0 Å². The van der Waals surface area contributed by atoms with Gasteiger partial charge in [-0.25, -0.2) is 4.79 Å². The lowest BCUT2D eigenvalue weighted by Gasteiger charge is -2.47. The summed E-state index contributed by atoms with van der Waals surface area (Å²) in [6, 6.07) is 12.1. The maximum absolute atomic E-state index is 14.1. The molecule has 0 aromatic heterocycles. The molecule has 5 rings (SSSR count). The number of aromatic hydroxyl groups is 1. The van der Waals surface area contributed by atoms with E-state index >= 15 is 0 Å². The van der Waals surface area contributed by atoms with Crippen LogP contribution >= 0.6 is 0 Å². The van der Waals surface area contributed by atoms with Crippen molar-refractivity contribution in [3.05, 3.63) is 65.2 Å². The van der Waals surface area contributed by atoms with Gasteiger partial charge in [0.25, 0.3) is 0 Å². The van der Waals surface area contributed by atoms with Crippen molar-refractivity contribution in [2.45, 2.75) is 44.3 Å². The van der Waals surface area contributed by atoms with Crippen molar-refractivity contribution in [2.24, 2.45) is 0 Å². The van der Waals surface area contributed by atoms with E-state index < -0.39 is 12.2 Å². The van der Waals surface area contributed by atoms with Crippen LogP contribution in [0.4, 0.5) is 10.5 Å². The molecule has 3 atom stereocenters. The summed E-state index contributed by atoms with van der Waals surface area (Å²) in [6.07, 6.45) is 5.57. The molecule has 206 valence electrons. The van der Waals surface area contributed by atoms with Gasteiger partial charge in [-0.05, 0) is 41.7 Å². The van der Waals surface area contributed by atoms with E-state index in [-0.39, 0.29) is 48.2 Å². The quantitative estimate of drug-likeness (QED) is 0.372. The first-order chi connectivity index (χ1) is 18.8. The highest BCUT2D eigenvalue weighted by molar-refractivity contribution is 5.92. The number of hydrogen-bond donors (Lipinski definition) is 3. The van der Waals surface area contributed by atoms with Crippen LogP contribution in [0.5, 0.6) is 5.75 Å². The van der Waals surface area contributed by atoms with E-state index in [1.54, 1.807) is 34.1 Å². The van der Waals surface area contributed by atoms with Crippen LogP contribution in [0.15, 0.2) is 48.5 Å². The first-order valence-electron chi connectivity index (χ1n) is 13.5. The SMILES string of the molecule is CCCN(C(=O)NC)N1CC(=O)N2[C@@H](Cc3ccc(O)c(N)c3)C(=O)N(CC3CC=Cc4ccccc43)C[C@@H]21. The standard InChI is InChI=1S/C29H36N6O4/c1-3-13-33(29(39)31-2)34-18-27(37)35-24(15-19-11-12-25(36)23(30)14-19)28(38)32(17-26(34)35)16-21-9-6-8-20-7-4-5-10-22(20)21/h4-8,10-12,14,21,24,26,36H,3,9,13,15-18,30H2,1-2H3,(H,31,39)/t21?,24-,26+/m0/s1. The molecule has 2 fully saturated rings. The average Bonchev–Trinajstić information content (AvgIpc) is 3.26. The number of fused-ring (bicyclic) bond motifs is 2. The third-order valence-electron chi connectivity index (χ3n) is 7.88. The second kappa shape index (κ2) is 11.0. The summed E-state index contributed by atoms with van der Waals surface area (Å²) in [4.78, 5) is 43.8. The van der Waals surface area contributed by atoms with Crippen LogP contribution in [-0.4, -0.2) is 88.2 Å². The van der Waals surface area contributed by atoms with E-state index in [0.29, 0.717) is 19.6 Å². The Labute approximate surface area is 228 Å². The van der Waals surface area contributed by atoms with Gasteiger partial charge >= 0.3 is 6.03 Å². The second-order valence-corrected chi connectivity index (χ2v) is 10.4. The van der Waals surface area contributed by atoms with E-state index in [4.69, 9.17) is 5.73 Å². The Hall–Kier alpha value is -4.05. The van der Waals surface area contributed by atoms with Crippen molar-refractivity contribution < 1.29 is 19.5 Å². The van der Waals surface area contributed by atoms with E-state index in [1.807, 2.05) is 24.0 Å². The van der Waals surface area contributed by atoms with Crippen LogP contribution in [0.1, 0.15) is 42.4 Å². The van der Waals surface area contributed by atoms with Crippen molar-refractivity contribution >= 4 is 29.6 Å². The van der Waals surface area contributed by atoms with Gasteiger partial charge in [-0.3, -0.25) is 14.6 Å². The predicted octanol–water partition coefficient (Wildman–Crippen LogP) is 2.37. The number of anilines is 1. The van der Waals surface area contributed by atoms with Crippen LogP contribution in [0.3, 0.4) is 0 Å². The van der Waals surface area contributed by atoms with Crippen LogP contribution in [-0.2, 0) is 16.0 Å². The van der Waals surface area contributed by atoms with Gasteiger partial charge in [0.1, 0.15) is 18.0 Å². The van der Waals surface area contributed by atoms with Gasteiger partial charge in [0.15, 0.2) is 0 Å². The summed E-state index contributed by atoms with van der Waals surface area (Å²) < 4.78 is 0. The molecule has 0 radical (unpaired) electrons. The highest BCUT2D eigenvalue weighted by Crippen LogP contribution is 2.34. The third-order valence-corrected chi connectivity index (χ3v) is 7.88. The summed E-state index contributed by atoms with van der Waals surface area (Å²) in [5, 5.41) is 16.0. The molecule has 3 aliphatic rings. The lowest BCUT2D eigenvalue weighted by molar-refractivity contribution is -0.157. The molecule has 4 N–H and O–H groups in total. The van der Waals surface area contributed by atoms with Crippen molar-refractivity contribution in [1.82, 2.24) is 25.1 Å². The van der Waals surface area contributed by atoms with Crippen molar-refractivity contribution in [3.8, 4) is 5.75 Å². The van der Waals surface area contributed by atoms with Gasteiger partial charge in [-0.15, -0.1) is 0 Å². The van der Waals surface area contributed by atoms with Gasteiger partial charge in [-0.2, -0.15) is 5.01 Å². The minimum absolute atomic E-state index is 0.0163.